The van der Waals surface area contributed by atoms with Crippen LogP contribution in [0.4, 0.5) is 5.69 Å². The fourth-order valence-electron chi connectivity index (χ4n) is 2.90. The van der Waals surface area contributed by atoms with Crippen molar-refractivity contribution >= 4 is 33.2 Å². The summed E-state index contributed by atoms with van der Waals surface area (Å²) in [4.78, 5) is 4.56. The number of benzene rings is 2. The van der Waals surface area contributed by atoms with Gasteiger partial charge in [0.2, 0.25) is 0 Å². The molecule has 0 radical (unpaired) electrons. The van der Waals surface area contributed by atoms with Crippen LogP contribution in [0.15, 0.2) is 35.1 Å². The van der Waals surface area contributed by atoms with Gasteiger partial charge in [-0.1, -0.05) is 11.6 Å². The smallest absolute Gasteiger partial charge is 0.143 e. The largest absolute Gasteiger partial charge is 0.495 e. The summed E-state index contributed by atoms with van der Waals surface area (Å²) in [6.07, 6.45) is 1.72. The molecule has 8 heteroatoms. The van der Waals surface area contributed by atoms with Gasteiger partial charge in [-0.15, -0.1) is 0 Å². The van der Waals surface area contributed by atoms with Crippen LogP contribution in [0.5, 0.6) is 17.2 Å². The molecule has 1 aromatic heterocycles. The highest BCUT2D eigenvalue weighted by molar-refractivity contribution is 9.10. The second-order valence-corrected chi connectivity index (χ2v) is 6.96. The number of nitrogens with zero attached hydrogens (tertiary/aromatic N) is 2. The number of halogens is 2. The van der Waals surface area contributed by atoms with Crippen molar-refractivity contribution in [2.45, 2.75) is 0 Å². The van der Waals surface area contributed by atoms with Crippen LogP contribution in [0.2, 0.25) is 5.02 Å². The van der Waals surface area contributed by atoms with Crippen molar-refractivity contribution in [2.24, 2.45) is 7.05 Å². The first kappa shape index (κ1) is 19.4. The molecular formula is C19H19BrClN3O3. The number of hydrogen-bond acceptors (Lipinski definition) is 5. The summed E-state index contributed by atoms with van der Waals surface area (Å²) >= 11 is 10.0. The van der Waals surface area contributed by atoms with E-state index in [9.17, 15) is 0 Å². The Morgan fingerprint density at radius 2 is 1.63 bits per heavy atom. The molecule has 0 aliphatic heterocycles. The maximum atomic E-state index is 6.54. The molecule has 0 bridgehead atoms. The summed E-state index contributed by atoms with van der Waals surface area (Å²) in [6, 6.07) is 7.43. The number of anilines is 1. The molecule has 6 nitrogen and oxygen atoms in total. The summed E-state index contributed by atoms with van der Waals surface area (Å²) in [5, 5.41) is 0.412. The number of nitrogens with two attached hydrogens (primary N) is 1. The molecule has 3 rings (SSSR count). The molecule has 142 valence electrons. The van der Waals surface area contributed by atoms with Crippen LogP contribution < -0.4 is 19.9 Å². The molecule has 0 aliphatic carbocycles. The van der Waals surface area contributed by atoms with E-state index in [2.05, 4.69) is 20.9 Å². The number of aryl methyl sites for hydroxylation is 1. The quantitative estimate of drug-likeness (QED) is 0.564. The van der Waals surface area contributed by atoms with Gasteiger partial charge in [0.05, 0.1) is 49.8 Å². The van der Waals surface area contributed by atoms with Gasteiger partial charge in [0.25, 0.3) is 0 Å². The lowest BCUT2D eigenvalue weighted by atomic mass is 10.0. The Kier molecular flexibility index (Phi) is 5.53. The van der Waals surface area contributed by atoms with Crippen LogP contribution in [0, 0.1) is 0 Å². The average molecular weight is 453 g/mol. The summed E-state index contributed by atoms with van der Waals surface area (Å²) in [5.74, 6) is 1.81. The van der Waals surface area contributed by atoms with Crippen molar-refractivity contribution < 1.29 is 14.2 Å². The second-order valence-electron chi connectivity index (χ2n) is 5.79. The minimum absolute atomic E-state index is 0.384. The Hall–Kier alpha value is -2.38. The van der Waals surface area contributed by atoms with Crippen LogP contribution in [-0.2, 0) is 7.05 Å². The maximum Gasteiger partial charge on any atom is 0.143 e. The van der Waals surface area contributed by atoms with E-state index in [4.69, 9.17) is 31.5 Å². The van der Waals surface area contributed by atoms with Gasteiger partial charge in [0.1, 0.15) is 21.7 Å². The fraction of sp³-hybridized carbons (Fsp3) is 0.211. The minimum atomic E-state index is 0.384. The number of aromatic nitrogens is 2. The molecule has 0 amide bonds. The fourth-order valence-corrected chi connectivity index (χ4v) is 3.70. The molecule has 0 fully saturated rings. The number of methoxy groups -OCH3 is 3. The number of nitrogen functional groups attached to an aromatic ring is 1. The molecule has 3 aromatic rings. The number of ether oxygens (including phenoxy) is 3. The maximum absolute atomic E-state index is 6.54. The molecule has 0 saturated heterocycles. The van der Waals surface area contributed by atoms with Crippen molar-refractivity contribution in [2.75, 3.05) is 27.1 Å². The Morgan fingerprint density at radius 1 is 1.04 bits per heavy atom. The van der Waals surface area contributed by atoms with Crippen LogP contribution in [-0.4, -0.2) is 30.9 Å². The molecule has 2 N–H and O–H groups in total. The molecule has 1 heterocycles. The van der Waals surface area contributed by atoms with Gasteiger partial charge < -0.3 is 24.5 Å². The summed E-state index contributed by atoms with van der Waals surface area (Å²) in [7, 11) is 6.65. The van der Waals surface area contributed by atoms with Gasteiger partial charge in [-0.05, 0) is 40.2 Å². The Labute approximate surface area is 170 Å². The molecule has 0 aliphatic rings. The van der Waals surface area contributed by atoms with Crippen LogP contribution in [0.25, 0.3) is 22.5 Å². The topological polar surface area (TPSA) is 71.5 Å². The summed E-state index contributed by atoms with van der Waals surface area (Å²) in [6.45, 7) is 0. The minimum Gasteiger partial charge on any atom is -0.495 e. The lowest BCUT2D eigenvalue weighted by Crippen LogP contribution is -1.98. The number of rotatable bonds is 5. The lowest BCUT2D eigenvalue weighted by molar-refractivity contribution is 0.390. The lowest BCUT2D eigenvalue weighted by Gasteiger charge is -2.14. The number of imidazole rings is 1. The standard InChI is InChI=1S/C19H19BrClN3O3/c1-24-9-23-18(10-7-13(26-3)15(20)14(8-10)27-4)19(24)11-5-6-12(25-2)17(22)16(11)21/h5-9H,22H2,1-4H3. The van der Waals surface area contributed by atoms with Crippen LogP contribution in [0.3, 0.4) is 0 Å². The molecule has 2 aromatic carbocycles. The van der Waals surface area contributed by atoms with Gasteiger partial charge in [0, 0.05) is 18.2 Å². The van der Waals surface area contributed by atoms with Crippen molar-refractivity contribution in [3.05, 3.63) is 40.1 Å². The van der Waals surface area contributed by atoms with E-state index in [0.29, 0.717) is 28.0 Å². The highest BCUT2D eigenvalue weighted by atomic mass is 79.9. The first-order valence-electron chi connectivity index (χ1n) is 7.98. The highest BCUT2D eigenvalue weighted by Crippen LogP contribution is 2.44. The zero-order valence-corrected chi connectivity index (χ0v) is 17.7. The third kappa shape index (κ3) is 3.33. The predicted octanol–water partition coefficient (Wildman–Crippen LogP) is 4.78. The van der Waals surface area contributed by atoms with Gasteiger partial charge in [-0.3, -0.25) is 0 Å². The van der Waals surface area contributed by atoms with E-state index < -0.39 is 0 Å². The second kappa shape index (κ2) is 7.70. The van der Waals surface area contributed by atoms with Crippen LogP contribution in [0.1, 0.15) is 0 Å². The van der Waals surface area contributed by atoms with Crippen molar-refractivity contribution in [1.29, 1.82) is 0 Å². The Bertz CT molecular complexity index is 979. The average Bonchev–Trinajstić information content (AvgIpc) is 3.05. The SMILES string of the molecule is COc1ccc(-c2c(-c3cc(OC)c(Br)c(OC)c3)ncn2C)c(Cl)c1N. The zero-order chi connectivity index (χ0) is 19.7. The normalized spacial score (nSPS) is 10.7. The summed E-state index contributed by atoms with van der Waals surface area (Å²) < 4.78 is 18.8. The van der Waals surface area contributed by atoms with E-state index >= 15 is 0 Å². The van der Waals surface area contributed by atoms with E-state index in [1.165, 1.54) is 0 Å². The van der Waals surface area contributed by atoms with Crippen molar-refractivity contribution in [3.8, 4) is 39.8 Å². The van der Waals surface area contributed by atoms with E-state index in [1.807, 2.05) is 29.8 Å². The Balaban J connectivity index is 2.25. The van der Waals surface area contributed by atoms with Gasteiger partial charge >= 0.3 is 0 Å². The molecular weight excluding hydrogens is 434 g/mol. The van der Waals surface area contributed by atoms with Crippen LogP contribution >= 0.6 is 27.5 Å². The zero-order valence-electron chi connectivity index (χ0n) is 15.3. The summed E-state index contributed by atoms with van der Waals surface area (Å²) in [5.41, 5.74) is 9.63. The van der Waals surface area contributed by atoms with E-state index in [0.717, 1.165) is 27.0 Å². The monoisotopic (exact) mass is 451 g/mol. The Morgan fingerprint density at radius 3 is 2.19 bits per heavy atom. The highest BCUT2D eigenvalue weighted by Gasteiger charge is 2.21. The van der Waals surface area contributed by atoms with Crippen molar-refractivity contribution in [3.63, 3.8) is 0 Å². The first-order chi connectivity index (χ1) is 12.9. The van der Waals surface area contributed by atoms with Crippen molar-refractivity contribution in [1.82, 2.24) is 9.55 Å². The third-order valence-electron chi connectivity index (χ3n) is 4.27. The predicted molar refractivity (Wildman–Crippen MR) is 111 cm³/mol. The van der Waals surface area contributed by atoms with Gasteiger partial charge in [-0.25, -0.2) is 4.98 Å². The first-order valence-corrected chi connectivity index (χ1v) is 9.15. The number of hydrogen-bond donors (Lipinski definition) is 1. The van der Waals surface area contributed by atoms with E-state index in [1.54, 1.807) is 33.7 Å². The van der Waals surface area contributed by atoms with E-state index in [-0.39, 0.29) is 0 Å². The molecule has 0 saturated carbocycles. The molecule has 0 atom stereocenters. The van der Waals surface area contributed by atoms with Gasteiger partial charge in [-0.2, -0.15) is 0 Å². The molecule has 0 unspecified atom stereocenters. The molecule has 27 heavy (non-hydrogen) atoms. The third-order valence-corrected chi connectivity index (χ3v) is 5.46. The molecule has 0 spiro atoms. The van der Waals surface area contributed by atoms with Gasteiger partial charge in [0.15, 0.2) is 0 Å².